The second-order valence-corrected chi connectivity index (χ2v) is 8.67. The normalized spacial score (nSPS) is 23.4. The van der Waals surface area contributed by atoms with E-state index in [9.17, 15) is 9.59 Å². The van der Waals surface area contributed by atoms with Crippen molar-refractivity contribution in [2.75, 3.05) is 0 Å². The highest BCUT2D eigenvalue weighted by Gasteiger charge is 2.66. The zero-order valence-electron chi connectivity index (χ0n) is 10.8. The van der Waals surface area contributed by atoms with E-state index in [0.717, 1.165) is 5.56 Å². The first-order valence-corrected chi connectivity index (χ1v) is 7.65. The van der Waals surface area contributed by atoms with Crippen molar-refractivity contribution in [3.05, 3.63) is 42.0 Å². The Morgan fingerprint density at radius 1 is 1.20 bits per heavy atom. The Kier molecular flexibility index (Phi) is 4.34. The van der Waals surface area contributed by atoms with Gasteiger partial charge in [-0.25, -0.2) is 0 Å². The molecule has 2 rings (SSSR count). The summed E-state index contributed by atoms with van der Waals surface area (Å²) in [5.74, 6) is -0.603. The van der Waals surface area contributed by atoms with E-state index >= 15 is 0 Å². The number of hydrogen-bond acceptors (Lipinski definition) is 2. The van der Waals surface area contributed by atoms with Crippen molar-refractivity contribution in [2.45, 2.75) is 16.6 Å². The number of amides is 2. The molecule has 6 heteroatoms. The molecular weight excluding hydrogens is 388 g/mol. The van der Waals surface area contributed by atoms with Crippen molar-refractivity contribution in [3.63, 3.8) is 0 Å². The minimum absolute atomic E-state index is 0.229. The van der Waals surface area contributed by atoms with Crippen molar-refractivity contribution >= 4 is 49.8 Å². The van der Waals surface area contributed by atoms with Crippen LogP contribution in [0.5, 0.6) is 0 Å². The van der Waals surface area contributed by atoms with Gasteiger partial charge in [-0.05, 0) is 25.0 Å². The second-order valence-electron chi connectivity index (χ2n) is 4.90. The van der Waals surface area contributed by atoms with Crippen molar-refractivity contribution in [1.82, 2.24) is 10.9 Å². The lowest BCUT2D eigenvalue weighted by molar-refractivity contribution is -0.130. The molecule has 1 aromatic rings. The Bertz CT molecular complexity index is 558. The fraction of sp³-hybridized carbons (Fsp3) is 0.286. The average molecular weight is 402 g/mol. The van der Waals surface area contributed by atoms with Crippen molar-refractivity contribution in [2.24, 2.45) is 5.41 Å². The zero-order valence-corrected chi connectivity index (χ0v) is 14.0. The minimum atomic E-state index is -0.552. The van der Waals surface area contributed by atoms with Gasteiger partial charge < -0.3 is 0 Å². The van der Waals surface area contributed by atoms with Crippen LogP contribution in [0.2, 0.25) is 0 Å². The van der Waals surface area contributed by atoms with Gasteiger partial charge in [-0.3, -0.25) is 20.4 Å². The van der Waals surface area contributed by atoms with Gasteiger partial charge in [0.2, 0.25) is 5.91 Å². The molecule has 1 aliphatic rings. The Morgan fingerprint density at radius 3 is 2.35 bits per heavy atom. The third-order valence-corrected chi connectivity index (χ3v) is 5.60. The number of halogens is 2. The summed E-state index contributed by atoms with van der Waals surface area (Å²) in [5, 5.41) is 0. The highest BCUT2D eigenvalue weighted by Crippen LogP contribution is 2.66. The molecule has 0 spiro atoms. The maximum atomic E-state index is 11.9. The Hall–Kier alpha value is -1.14. The molecule has 2 amide bonds. The summed E-state index contributed by atoms with van der Waals surface area (Å²) in [7, 11) is 0. The van der Waals surface area contributed by atoms with Crippen LogP contribution in [0.25, 0.3) is 6.08 Å². The van der Waals surface area contributed by atoms with Crippen molar-refractivity contribution in [1.29, 1.82) is 0 Å². The Labute approximate surface area is 134 Å². The molecule has 20 heavy (non-hydrogen) atoms. The van der Waals surface area contributed by atoms with Crippen LogP contribution in [0, 0.1) is 5.41 Å². The first kappa shape index (κ1) is 15.3. The summed E-state index contributed by atoms with van der Waals surface area (Å²) in [6.45, 7) is 1.82. The monoisotopic (exact) mass is 400 g/mol. The van der Waals surface area contributed by atoms with Crippen LogP contribution in [0.4, 0.5) is 0 Å². The lowest BCUT2D eigenvalue weighted by Gasteiger charge is -2.12. The highest BCUT2D eigenvalue weighted by atomic mass is 79.9. The minimum Gasteiger partial charge on any atom is -0.273 e. The quantitative estimate of drug-likeness (QED) is 0.464. The summed E-state index contributed by atoms with van der Waals surface area (Å²) in [4.78, 5) is 23.5. The van der Waals surface area contributed by atoms with Crippen LogP contribution in [-0.2, 0) is 9.59 Å². The van der Waals surface area contributed by atoms with Crippen molar-refractivity contribution in [3.8, 4) is 0 Å². The van der Waals surface area contributed by atoms with Gasteiger partial charge in [-0.2, -0.15) is 0 Å². The number of benzene rings is 1. The lowest BCUT2D eigenvalue weighted by atomic mass is 10.1. The molecule has 0 radical (unpaired) electrons. The largest absolute Gasteiger partial charge is 0.273 e. The number of hydrogen-bond donors (Lipinski definition) is 2. The van der Waals surface area contributed by atoms with E-state index in [2.05, 4.69) is 42.7 Å². The van der Waals surface area contributed by atoms with E-state index < -0.39 is 5.41 Å². The second kappa shape index (κ2) is 5.69. The molecule has 1 saturated carbocycles. The third kappa shape index (κ3) is 3.30. The third-order valence-electron chi connectivity index (χ3n) is 3.28. The van der Waals surface area contributed by atoms with Crippen LogP contribution in [0.15, 0.2) is 36.4 Å². The fourth-order valence-electron chi connectivity index (χ4n) is 1.68. The van der Waals surface area contributed by atoms with Gasteiger partial charge in [-0.15, -0.1) is 0 Å². The Morgan fingerprint density at radius 2 is 1.80 bits per heavy atom. The number of carbonyl (C=O) groups is 2. The molecule has 4 nitrogen and oxygen atoms in total. The molecule has 106 valence electrons. The van der Waals surface area contributed by atoms with Gasteiger partial charge in [-0.1, -0.05) is 62.2 Å². The van der Waals surface area contributed by atoms with Crippen LogP contribution >= 0.6 is 31.9 Å². The number of alkyl halides is 2. The van der Waals surface area contributed by atoms with E-state index in [1.165, 1.54) is 6.08 Å². The molecule has 0 saturated heterocycles. The predicted octanol–water partition coefficient (Wildman–Crippen LogP) is 2.74. The predicted molar refractivity (Wildman–Crippen MR) is 85.1 cm³/mol. The number of nitrogens with one attached hydrogen (secondary N) is 2. The summed E-state index contributed by atoms with van der Waals surface area (Å²) < 4.78 is -0.373. The van der Waals surface area contributed by atoms with E-state index in [-0.39, 0.29) is 15.0 Å². The van der Waals surface area contributed by atoms with Crippen LogP contribution in [-0.4, -0.2) is 15.0 Å². The van der Waals surface area contributed by atoms with Gasteiger partial charge in [0.15, 0.2) is 0 Å². The molecule has 0 heterocycles. The smallest absolute Gasteiger partial charge is 0.262 e. The van der Waals surface area contributed by atoms with E-state index in [1.807, 2.05) is 37.3 Å². The summed E-state index contributed by atoms with van der Waals surface area (Å²) in [5.41, 5.74) is 5.16. The lowest BCUT2D eigenvalue weighted by Crippen LogP contribution is -2.45. The maximum Gasteiger partial charge on any atom is 0.262 e. The van der Waals surface area contributed by atoms with E-state index in [1.54, 1.807) is 6.08 Å². The molecule has 0 bridgehead atoms. The molecule has 1 fully saturated rings. The summed E-state index contributed by atoms with van der Waals surface area (Å²) in [6.07, 6.45) is 3.72. The molecule has 1 aromatic carbocycles. The summed E-state index contributed by atoms with van der Waals surface area (Å²) in [6, 6.07) is 9.45. The Balaban J connectivity index is 1.82. The van der Waals surface area contributed by atoms with Crippen LogP contribution in [0.3, 0.4) is 0 Å². The number of hydrazine groups is 1. The van der Waals surface area contributed by atoms with Crippen molar-refractivity contribution < 1.29 is 9.59 Å². The molecule has 0 aromatic heterocycles. The molecule has 0 aliphatic heterocycles. The van der Waals surface area contributed by atoms with Gasteiger partial charge in [0.25, 0.3) is 5.91 Å². The molecule has 1 aliphatic carbocycles. The average Bonchev–Trinajstić information content (AvgIpc) is 2.95. The molecule has 1 unspecified atom stereocenters. The van der Waals surface area contributed by atoms with Crippen LogP contribution < -0.4 is 10.9 Å². The first-order valence-electron chi connectivity index (χ1n) is 6.06. The van der Waals surface area contributed by atoms with Gasteiger partial charge in [0, 0.05) is 6.08 Å². The van der Waals surface area contributed by atoms with Crippen LogP contribution in [0.1, 0.15) is 18.9 Å². The highest BCUT2D eigenvalue weighted by molar-refractivity contribution is 9.25. The number of carbonyl (C=O) groups excluding carboxylic acids is 2. The number of rotatable bonds is 3. The first-order chi connectivity index (χ1) is 9.35. The van der Waals surface area contributed by atoms with Gasteiger partial charge >= 0.3 is 0 Å². The SMILES string of the molecule is CC1(C(=O)NNC(=O)/C=C\c2ccccc2)CC1(Br)Br. The fourth-order valence-corrected chi connectivity index (χ4v) is 3.16. The summed E-state index contributed by atoms with van der Waals surface area (Å²) >= 11 is 6.81. The molecule has 1 atom stereocenters. The molecule has 2 N–H and O–H groups in total. The van der Waals surface area contributed by atoms with E-state index in [0.29, 0.717) is 6.42 Å². The molecular formula is C14H14Br2N2O2. The standard InChI is InChI=1S/C14H14Br2N2O2/c1-13(9-14(13,15)16)12(20)18-17-11(19)8-7-10-5-3-2-4-6-10/h2-8H,9H2,1H3,(H,17,19)(H,18,20)/b8-7-. The van der Waals surface area contributed by atoms with E-state index in [4.69, 9.17) is 0 Å². The zero-order chi connectivity index (χ0) is 14.8. The topological polar surface area (TPSA) is 58.2 Å². The van der Waals surface area contributed by atoms with Gasteiger partial charge in [0.1, 0.15) is 0 Å². The van der Waals surface area contributed by atoms with Gasteiger partial charge in [0.05, 0.1) is 8.65 Å². The maximum absolute atomic E-state index is 11.9.